The molecule has 3 heterocycles. The van der Waals surface area contributed by atoms with E-state index in [0.29, 0.717) is 12.1 Å². The van der Waals surface area contributed by atoms with Crippen molar-refractivity contribution in [3.8, 4) is 0 Å². The van der Waals surface area contributed by atoms with Crippen molar-refractivity contribution in [1.29, 1.82) is 0 Å². The Kier molecular flexibility index (Phi) is 4.65. The van der Waals surface area contributed by atoms with Crippen LogP contribution in [0.4, 0.5) is 17.5 Å². The van der Waals surface area contributed by atoms with Crippen molar-refractivity contribution in [3.63, 3.8) is 0 Å². The highest BCUT2D eigenvalue weighted by molar-refractivity contribution is 5.98. The summed E-state index contributed by atoms with van der Waals surface area (Å²) in [4.78, 5) is 31.4. The minimum Gasteiger partial charge on any atom is -0.368 e. The van der Waals surface area contributed by atoms with Crippen molar-refractivity contribution in [2.75, 3.05) is 10.6 Å². The molecule has 1 atom stereocenters. The Morgan fingerprint density at radius 1 is 1.27 bits per heavy atom. The van der Waals surface area contributed by atoms with Crippen LogP contribution >= 0.6 is 0 Å². The zero-order valence-electron chi connectivity index (χ0n) is 14.0. The Morgan fingerprint density at radius 2 is 2.08 bits per heavy atom. The van der Waals surface area contributed by atoms with Gasteiger partial charge in [-0.2, -0.15) is 10.1 Å². The predicted molar refractivity (Wildman–Crippen MR) is 95.9 cm³/mol. The van der Waals surface area contributed by atoms with E-state index < -0.39 is 17.9 Å². The van der Waals surface area contributed by atoms with Crippen LogP contribution in [0.25, 0.3) is 5.52 Å². The van der Waals surface area contributed by atoms with Crippen LogP contribution in [-0.2, 0) is 4.79 Å². The molecule has 6 N–H and O–H groups in total. The number of pyridine rings is 1. The van der Waals surface area contributed by atoms with Crippen LogP contribution in [0.5, 0.6) is 0 Å². The fourth-order valence-electron chi connectivity index (χ4n) is 2.42. The van der Waals surface area contributed by atoms with Gasteiger partial charge in [-0.15, -0.1) is 0 Å². The largest absolute Gasteiger partial charge is 0.368 e. The van der Waals surface area contributed by atoms with Crippen LogP contribution in [0.3, 0.4) is 0 Å². The number of primary amides is 2. The van der Waals surface area contributed by atoms with Crippen molar-refractivity contribution in [2.24, 2.45) is 11.5 Å². The third kappa shape index (κ3) is 3.38. The lowest BCUT2D eigenvalue weighted by molar-refractivity contribution is -0.118. The van der Waals surface area contributed by atoms with Gasteiger partial charge in [0, 0.05) is 12.4 Å². The van der Waals surface area contributed by atoms with Gasteiger partial charge in [-0.3, -0.25) is 9.59 Å². The van der Waals surface area contributed by atoms with Gasteiger partial charge in [-0.05, 0) is 18.6 Å². The molecule has 0 aliphatic carbocycles. The maximum atomic E-state index is 11.7. The number of nitrogens with zero attached hydrogens (tertiary/aromatic N) is 4. The number of amides is 2. The van der Waals surface area contributed by atoms with E-state index in [4.69, 9.17) is 11.5 Å². The zero-order chi connectivity index (χ0) is 18.7. The summed E-state index contributed by atoms with van der Waals surface area (Å²) < 4.78 is 1.67. The number of aromatic nitrogens is 4. The molecule has 3 aromatic rings. The molecule has 2 amide bonds. The second kappa shape index (κ2) is 7.05. The fraction of sp³-hybridized carbons (Fsp3) is 0.188. The van der Waals surface area contributed by atoms with Crippen molar-refractivity contribution >= 4 is 34.8 Å². The Hall–Kier alpha value is -3.69. The third-order valence-corrected chi connectivity index (χ3v) is 3.79. The first-order chi connectivity index (χ1) is 12.5. The normalized spacial score (nSPS) is 11.9. The van der Waals surface area contributed by atoms with E-state index in [1.54, 1.807) is 23.8 Å². The molecule has 0 aliphatic rings. The van der Waals surface area contributed by atoms with Gasteiger partial charge in [0.25, 0.3) is 5.91 Å². The van der Waals surface area contributed by atoms with Gasteiger partial charge in [0.1, 0.15) is 17.4 Å². The van der Waals surface area contributed by atoms with Gasteiger partial charge in [0.05, 0.1) is 17.4 Å². The fourth-order valence-corrected chi connectivity index (χ4v) is 2.42. The summed E-state index contributed by atoms with van der Waals surface area (Å²) in [5, 5.41) is 10.1. The van der Waals surface area contributed by atoms with E-state index in [0.717, 1.165) is 5.52 Å². The highest BCUT2D eigenvalue weighted by Crippen LogP contribution is 2.23. The second-order valence-corrected chi connectivity index (χ2v) is 5.54. The summed E-state index contributed by atoms with van der Waals surface area (Å²) in [7, 11) is 0. The third-order valence-electron chi connectivity index (χ3n) is 3.79. The maximum Gasteiger partial charge on any atom is 0.254 e. The second-order valence-electron chi connectivity index (χ2n) is 5.54. The number of nitrogens with one attached hydrogen (secondary N) is 2. The summed E-state index contributed by atoms with van der Waals surface area (Å²) >= 11 is 0. The van der Waals surface area contributed by atoms with Gasteiger partial charge in [-0.25, -0.2) is 9.50 Å². The molecule has 0 aromatic carbocycles. The number of anilines is 3. The molecule has 1 unspecified atom stereocenters. The number of nitrogens with two attached hydrogens (primary N) is 2. The van der Waals surface area contributed by atoms with Crippen LogP contribution in [-0.4, -0.2) is 37.4 Å². The highest BCUT2D eigenvalue weighted by Gasteiger charge is 2.18. The molecule has 134 valence electrons. The first-order valence-corrected chi connectivity index (χ1v) is 7.91. The Balaban J connectivity index is 1.97. The van der Waals surface area contributed by atoms with Gasteiger partial charge in [-0.1, -0.05) is 13.0 Å². The smallest absolute Gasteiger partial charge is 0.254 e. The molecule has 10 nitrogen and oxygen atoms in total. The molecular weight excluding hydrogens is 336 g/mol. The highest BCUT2D eigenvalue weighted by atomic mass is 16.1. The molecule has 10 heteroatoms. The van der Waals surface area contributed by atoms with E-state index in [2.05, 4.69) is 25.7 Å². The number of fused-ring (bicyclic) bond motifs is 1. The molecule has 0 saturated heterocycles. The lowest BCUT2D eigenvalue weighted by atomic mass is 10.2. The first-order valence-electron chi connectivity index (χ1n) is 7.91. The van der Waals surface area contributed by atoms with E-state index in [-0.39, 0.29) is 17.3 Å². The first kappa shape index (κ1) is 17.1. The number of carbonyl (C=O) groups excluding carboxylic acids is 2. The van der Waals surface area contributed by atoms with Crippen molar-refractivity contribution in [3.05, 3.63) is 42.4 Å². The van der Waals surface area contributed by atoms with E-state index in [1.165, 1.54) is 6.20 Å². The van der Waals surface area contributed by atoms with Gasteiger partial charge in [0.2, 0.25) is 11.9 Å². The van der Waals surface area contributed by atoms with Crippen molar-refractivity contribution < 1.29 is 9.59 Å². The van der Waals surface area contributed by atoms with E-state index in [9.17, 15) is 9.59 Å². The van der Waals surface area contributed by atoms with Crippen molar-refractivity contribution in [1.82, 2.24) is 19.6 Å². The minimum absolute atomic E-state index is 0.109. The zero-order valence-corrected chi connectivity index (χ0v) is 14.0. The summed E-state index contributed by atoms with van der Waals surface area (Å²) in [5.41, 5.74) is 12.3. The summed E-state index contributed by atoms with van der Waals surface area (Å²) in [5.74, 6) is -0.850. The number of hydrogen-bond acceptors (Lipinski definition) is 7. The van der Waals surface area contributed by atoms with Crippen LogP contribution in [0.2, 0.25) is 0 Å². The summed E-state index contributed by atoms with van der Waals surface area (Å²) in [6.45, 7) is 1.80. The Morgan fingerprint density at radius 3 is 2.77 bits per heavy atom. The molecule has 0 bridgehead atoms. The maximum absolute atomic E-state index is 11.7. The van der Waals surface area contributed by atoms with Gasteiger partial charge >= 0.3 is 0 Å². The van der Waals surface area contributed by atoms with Crippen LogP contribution in [0.15, 0.2) is 36.8 Å². The molecular formula is C16H18N8O2. The van der Waals surface area contributed by atoms with E-state index in [1.807, 2.05) is 18.2 Å². The number of hydrogen-bond donors (Lipinski definition) is 4. The number of carbonyl (C=O) groups is 2. The lowest BCUT2D eigenvalue weighted by Crippen LogP contribution is -2.35. The Labute approximate surface area is 148 Å². The number of rotatable bonds is 7. The summed E-state index contributed by atoms with van der Waals surface area (Å²) in [6, 6.07) is 4.95. The van der Waals surface area contributed by atoms with Crippen LogP contribution in [0.1, 0.15) is 23.7 Å². The molecule has 3 aromatic heterocycles. The Bertz CT molecular complexity index is 968. The molecule has 3 rings (SSSR count). The molecule has 0 saturated carbocycles. The average molecular weight is 354 g/mol. The molecule has 0 fully saturated rings. The SMILES string of the molecule is CCC(Nc1ncc(C(N)=O)c(Nc2cnn3ccccc23)n1)C(N)=O. The predicted octanol–water partition coefficient (Wildman–Crippen LogP) is 0.643. The quantitative estimate of drug-likeness (QED) is 0.485. The van der Waals surface area contributed by atoms with Crippen molar-refractivity contribution in [2.45, 2.75) is 19.4 Å². The standard InChI is InChI=1S/C16H18N8O2/c1-2-10(14(18)26)22-16-19-7-9(13(17)25)15(23-16)21-11-8-20-24-6-4-3-5-12(11)24/h3-8,10H,2H2,1H3,(H2,17,25)(H2,18,26)(H2,19,21,22,23). The molecule has 0 aliphatic heterocycles. The van der Waals surface area contributed by atoms with E-state index >= 15 is 0 Å². The van der Waals surface area contributed by atoms with Crippen LogP contribution < -0.4 is 22.1 Å². The van der Waals surface area contributed by atoms with Gasteiger partial charge < -0.3 is 22.1 Å². The van der Waals surface area contributed by atoms with Crippen LogP contribution in [0, 0.1) is 0 Å². The molecule has 0 radical (unpaired) electrons. The topological polar surface area (TPSA) is 153 Å². The molecule has 26 heavy (non-hydrogen) atoms. The monoisotopic (exact) mass is 354 g/mol. The molecule has 0 spiro atoms. The minimum atomic E-state index is -0.683. The average Bonchev–Trinajstić information content (AvgIpc) is 3.02. The summed E-state index contributed by atoms with van der Waals surface area (Å²) in [6.07, 6.45) is 5.15. The van der Waals surface area contributed by atoms with Gasteiger partial charge in [0.15, 0.2) is 0 Å². The lowest BCUT2D eigenvalue weighted by Gasteiger charge is -2.15.